The minimum absolute atomic E-state index is 0.281. The molecule has 2 aromatic carbocycles. The van der Waals surface area contributed by atoms with Gasteiger partial charge in [0, 0.05) is 11.8 Å². The van der Waals surface area contributed by atoms with Crippen molar-refractivity contribution in [1.29, 1.82) is 0 Å². The van der Waals surface area contributed by atoms with E-state index in [4.69, 9.17) is 15.2 Å². The molecule has 2 rings (SSSR count). The fraction of sp³-hybridized carbons (Fsp3) is 0.188. The number of nitrogen functional groups attached to an aromatic ring is 1. The van der Waals surface area contributed by atoms with E-state index < -0.39 is 0 Å². The first kappa shape index (κ1) is 14.7. The van der Waals surface area contributed by atoms with Crippen LogP contribution in [0.1, 0.15) is 15.9 Å². The molecule has 0 fully saturated rings. The number of benzene rings is 2. The van der Waals surface area contributed by atoms with Gasteiger partial charge in [0.05, 0.1) is 25.5 Å². The number of methoxy groups -OCH3 is 2. The summed E-state index contributed by atoms with van der Waals surface area (Å²) in [5.41, 5.74) is 8.32. The summed E-state index contributed by atoms with van der Waals surface area (Å²) in [4.78, 5) is 12.4. The van der Waals surface area contributed by atoms with Gasteiger partial charge in [-0.05, 0) is 30.7 Å². The molecule has 0 heterocycles. The second-order valence-electron chi connectivity index (χ2n) is 4.61. The Morgan fingerprint density at radius 1 is 1.14 bits per heavy atom. The number of ether oxygens (including phenoxy) is 2. The van der Waals surface area contributed by atoms with Crippen LogP contribution in [-0.2, 0) is 0 Å². The van der Waals surface area contributed by atoms with Gasteiger partial charge < -0.3 is 20.5 Å². The number of rotatable bonds is 4. The van der Waals surface area contributed by atoms with Crippen LogP contribution in [0.4, 0.5) is 11.4 Å². The standard InChI is InChI=1S/C16H18N2O3/c1-10-5-4-6-11(7-10)18-16(19)13-8-12(20-2)9-14(21-3)15(13)17/h4-9H,17H2,1-3H3,(H,18,19). The van der Waals surface area contributed by atoms with E-state index in [2.05, 4.69) is 5.32 Å². The van der Waals surface area contributed by atoms with Gasteiger partial charge in [0.15, 0.2) is 0 Å². The molecule has 0 spiro atoms. The summed E-state index contributed by atoms with van der Waals surface area (Å²) in [6.45, 7) is 1.96. The molecule has 21 heavy (non-hydrogen) atoms. The highest BCUT2D eigenvalue weighted by molar-refractivity contribution is 6.08. The van der Waals surface area contributed by atoms with E-state index in [1.807, 2.05) is 31.2 Å². The topological polar surface area (TPSA) is 73.6 Å². The van der Waals surface area contributed by atoms with E-state index in [-0.39, 0.29) is 11.6 Å². The van der Waals surface area contributed by atoms with Gasteiger partial charge >= 0.3 is 0 Å². The Labute approximate surface area is 123 Å². The largest absolute Gasteiger partial charge is 0.497 e. The highest BCUT2D eigenvalue weighted by atomic mass is 16.5. The Bertz CT molecular complexity index is 669. The van der Waals surface area contributed by atoms with E-state index >= 15 is 0 Å². The first-order valence-corrected chi connectivity index (χ1v) is 6.44. The molecule has 0 saturated carbocycles. The zero-order valence-electron chi connectivity index (χ0n) is 12.3. The monoisotopic (exact) mass is 286 g/mol. The van der Waals surface area contributed by atoms with Gasteiger partial charge in [0.25, 0.3) is 5.91 Å². The number of amides is 1. The Morgan fingerprint density at radius 2 is 1.90 bits per heavy atom. The van der Waals surface area contributed by atoms with Crippen molar-refractivity contribution in [2.24, 2.45) is 0 Å². The lowest BCUT2D eigenvalue weighted by atomic mass is 10.1. The highest BCUT2D eigenvalue weighted by Crippen LogP contribution is 2.31. The van der Waals surface area contributed by atoms with Crippen LogP contribution in [-0.4, -0.2) is 20.1 Å². The maximum Gasteiger partial charge on any atom is 0.258 e. The molecule has 0 saturated heterocycles. The number of nitrogens with one attached hydrogen (secondary N) is 1. The van der Waals surface area contributed by atoms with Gasteiger partial charge in [-0.1, -0.05) is 12.1 Å². The number of nitrogens with two attached hydrogens (primary N) is 1. The predicted octanol–water partition coefficient (Wildman–Crippen LogP) is 2.85. The Kier molecular flexibility index (Phi) is 4.33. The lowest BCUT2D eigenvalue weighted by Gasteiger charge is -2.13. The van der Waals surface area contributed by atoms with Gasteiger partial charge in [0.2, 0.25) is 0 Å². The van der Waals surface area contributed by atoms with Crippen molar-refractivity contribution in [1.82, 2.24) is 0 Å². The van der Waals surface area contributed by atoms with E-state index in [9.17, 15) is 4.79 Å². The molecular formula is C16H18N2O3. The maximum atomic E-state index is 12.4. The maximum absolute atomic E-state index is 12.4. The molecule has 0 aliphatic rings. The summed E-state index contributed by atoms with van der Waals surface area (Å²) < 4.78 is 10.3. The van der Waals surface area contributed by atoms with Crippen LogP contribution in [0.15, 0.2) is 36.4 Å². The third-order valence-corrected chi connectivity index (χ3v) is 3.09. The average Bonchev–Trinajstić information content (AvgIpc) is 2.47. The summed E-state index contributed by atoms with van der Waals surface area (Å²) in [7, 11) is 3.01. The van der Waals surface area contributed by atoms with Crippen molar-refractivity contribution in [3.05, 3.63) is 47.5 Å². The number of carbonyl (C=O) groups excluding carboxylic acids is 1. The summed E-state index contributed by atoms with van der Waals surface area (Å²) in [5, 5.41) is 2.81. The summed E-state index contributed by atoms with van der Waals surface area (Å²) in [5.74, 6) is 0.606. The Hall–Kier alpha value is -2.69. The molecule has 0 bridgehead atoms. The molecule has 5 nitrogen and oxygen atoms in total. The Morgan fingerprint density at radius 3 is 2.52 bits per heavy atom. The van der Waals surface area contributed by atoms with E-state index in [1.54, 1.807) is 12.1 Å². The first-order valence-electron chi connectivity index (χ1n) is 6.44. The zero-order chi connectivity index (χ0) is 15.4. The Balaban J connectivity index is 2.34. The second-order valence-corrected chi connectivity index (χ2v) is 4.61. The van der Waals surface area contributed by atoms with Crippen molar-refractivity contribution in [3.63, 3.8) is 0 Å². The normalized spacial score (nSPS) is 10.0. The average molecular weight is 286 g/mol. The molecule has 5 heteroatoms. The zero-order valence-corrected chi connectivity index (χ0v) is 12.3. The number of hydrogen-bond acceptors (Lipinski definition) is 4. The van der Waals surface area contributed by atoms with Crippen molar-refractivity contribution in [3.8, 4) is 11.5 Å². The summed E-state index contributed by atoms with van der Waals surface area (Å²) in [6.07, 6.45) is 0. The molecule has 0 aromatic heterocycles. The minimum Gasteiger partial charge on any atom is -0.497 e. The van der Waals surface area contributed by atoms with Crippen LogP contribution in [0.25, 0.3) is 0 Å². The molecule has 2 aromatic rings. The van der Waals surface area contributed by atoms with Crippen LogP contribution in [0, 0.1) is 6.92 Å². The van der Waals surface area contributed by atoms with Crippen LogP contribution in [0.5, 0.6) is 11.5 Å². The van der Waals surface area contributed by atoms with Gasteiger partial charge in [-0.3, -0.25) is 4.79 Å². The quantitative estimate of drug-likeness (QED) is 0.848. The smallest absolute Gasteiger partial charge is 0.258 e. The van der Waals surface area contributed by atoms with Crippen molar-refractivity contribution in [2.45, 2.75) is 6.92 Å². The number of hydrogen-bond donors (Lipinski definition) is 2. The van der Waals surface area contributed by atoms with Gasteiger partial charge in [-0.2, -0.15) is 0 Å². The second kappa shape index (κ2) is 6.17. The first-order chi connectivity index (χ1) is 10.0. The van der Waals surface area contributed by atoms with E-state index in [0.29, 0.717) is 22.7 Å². The highest BCUT2D eigenvalue weighted by Gasteiger charge is 2.16. The molecule has 0 aliphatic heterocycles. The molecular weight excluding hydrogens is 268 g/mol. The van der Waals surface area contributed by atoms with Gasteiger partial charge in [-0.25, -0.2) is 0 Å². The fourth-order valence-electron chi connectivity index (χ4n) is 2.00. The molecule has 3 N–H and O–H groups in total. The molecule has 0 atom stereocenters. The molecule has 0 radical (unpaired) electrons. The summed E-state index contributed by atoms with van der Waals surface area (Å²) in [6, 6.07) is 10.8. The molecule has 110 valence electrons. The van der Waals surface area contributed by atoms with Crippen LogP contribution in [0.2, 0.25) is 0 Å². The van der Waals surface area contributed by atoms with Crippen molar-refractivity contribution < 1.29 is 14.3 Å². The van der Waals surface area contributed by atoms with Crippen LogP contribution < -0.4 is 20.5 Å². The minimum atomic E-state index is -0.310. The fourth-order valence-corrected chi connectivity index (χ4v) is 2.00. The van der Waals surface area contributed by atoms with Crippen molar-refractivity contribution in [2.75, 3.05) is 25.3 Å². The third kappa shape index (κ3) is 3.25. The van der Waals surface area contributed by atoms with Gasteiger partial charge in [-0.15, -0.1) is 0 Å². The predicted molar refractivity (Wildman–Crippen MR) is 83.1 cm³/mol. The number of anilines is 2. The molecule has 0 aliphatic carbocycles. The summed E-state index contributed by atoms with van der Waals surface area (Å²) >= 11 is 0. The van der Waals surface area contributed by atoms with Crippen LogP contribution in [0.3, 0.4) is 0 Å². The number of aryl methyl sites for hydroxylation is 1. The lowest BCUT2D eigenvalue weighted by Crippen LogP contribution is -2.15. The SMILES string of the molecule is COc1cc(OC)c(N)c(C(=O)Nc2cccc(C)c2)c1. The van der Waals surface area contributed by atoms with Crippen molar-refractivity contribution >= 4 is 17.3 Å². The third-order valence-electron chi connectivity index (χ3n) is 3.09. The van der Waals surface area contributed by atoms with E-state index in [0.717, 1.165) is 5.56 Å². The van der Waals surface area contributed by atoms with Crippen LogP contribution >= 0.6 is 0 Å². The molecule has 0 unspecified atom stereocenters. The van der Waals surface area contributed by atoms with Gasteiger partial charge in [0.1, 0.15) is 11.5 Å². The lowest BCUT2D eigenvalue weighted by molar-refractivity contribution is 0.102. The van der Waals surface area contributed by atoms with E-state index in [1.165, 1.54) is 14.2 Å². The number of carbonyl (C=O) groups is 1. The molecule has 1 amide bonds.